The van der Waals surface area contributed by atoms with E-state index in [1.165, 1.54) is 16.7 Å². The number of rotatable bonds is 5. The Bertz CT molecular complexity index is 1140. The number of para-hydroxylation sites is 1. The Morgan fingerprint density at radius 2 is 1.66 bits per heavy atom. The number of nitrogens with zero attached hydrogens (tertiary/aromatic N) is 3. The van der Waals surface area contributed by atoms with E-state index in [4.69, 9.17) is 9.97 Å². The van der Waals surface area contributed by atoms with Gasteiger partial charge in [-0.15, -0.1) is 0 Å². The lowest BCUT2D eigenvalue weighted by atomic mass is 10.0. The van der Waals surface area contributed by atoms with Gasteiger partial charge in [-0.2, -0.15) is 4.98 Å². The van der Waals surface area contributed by atoms with Crippen molar-refractivity contribution >= 4 is 22.7 Å². The van der Waals surface area contributed by atoms with Gasteiger partial charge in [-0.3, -0.25) is 0 Å². The minimum Gasteiger partial charge on any atom is -0.365 e. The number of hydrogen-bond donors (Lipinski definition) is 1. The van der Waals surface area contributed by atoms with E-state index in [1.54, 1.807) is 0 Å². The second-order valence-corrected chi connectivity index (χ2v) is 7.48. The van der Waals surface area contributed by atoms with Gasteiger partial charge in [0.25, 0.3) is 0 Å². The van der Waals surface area contributed by atoms with E-state index in [9.17, 15) is 0 Å². The molecule has 1 aromatic heterocycles. The van der Waals surface area contributed by atoms with Crippen molar-refractivity contribution in [2.45, 2.75) is 32.5 Å². The Kier molecular flexibility index (Phi) is 4.60. The minimum absolute atomic E-state index is 0.314. The molecule has 29 heavy (non-hydrogen) atoms. The summed E-state index contributed by atoms with van der Waals surface area (Å²) in [6.45, 7) is 3.82. The molecule has 144 valence electrons. The number of aromatic nitrogens is 2. The summed E-state index contributed by atoms with van der Waals surface area (Å²) < 4.78 is 0. The number of benzene rings is 3. The summed E-state index contributed by atoms with van der Waals surface area (Å²) in [5, 5.41) is 4.60. The van der Waals surface area contributed by atoms with Crippen LogP contribution in [0.3, 0.4) is 0 Å². The van der Waals surface area contributed by atoms with Crippen LogP contribution in [0.25, 0.3) is 10.9 Å². The van der Waals surface area contributed by atoms with Crippen LogP contribution in [0.4, 0.5) is 11.8 Å². The predicted molar refractivity (Wildman–Crippen MR) is 119 cm³/mol. The highest BCUT2D eigenvalue weighted by atomic mass is 15.3. The van der Waals surface area contributed by atoms with Crippen LogP contribution >= 0.6 is 0 Å². The fourth-order valence-electron chi connectivity index (χ4n) is 4.22. The van der Waals surface area contributed by atoms with Gasteiger partial charge in [-0.25, -0.2) is 4.98 Å². The zero-order valence-corrected chi connectivity index (χ0v) is 16.5. The van der Waals surface area contributed by atoms with Crippen LogP contribution in [0.15, 0.2) is 78.9 Å². The first kappa shape index (κ1) is 17.7. The van der Waals surface area contributed by atoms with Gasteiger partial charge in [0.2, 0.25) is 5.95 Å². The summed E-state index contributed by atoms with van der Waals surface area (Å²) >= 11 is 0. The molecule has 0 bridgehead atoms. The Morgan fingerprint density at radius 1 is 0.897 bits per heavy atom. The standard InChI is InChI=1S/C25H24N4/c1-2-23-20-13-7-6-12-19(20)17-29(23)25-27-22-15-9-8-14-21(22)24(28-25)26-16-18-10-4-3-5-11-18/h3-15,23H,2,16-17H2,1H3,(H,26,27,28). The number of hydrogen-bond acceptors (Lipinski definition) is 4. The average molecular weight is 380 g/mol. The van der Waals surface area contributed by atoms with Crippen molar-refractivity contribution in [3.8, 4) is 0 Å². The summed E-state index contributed by atoms with van der Waals surface area (Å²) in [6, 6.07) is 27.7. The predicted octanol–water partition coefficient (Wildman–Crippen LogP) is 5.71. The molecule has 1 N–H and O–H groups in total. The molecule has 2 heterocycles. The average Bonchev–Trinajstić information content (AvgIpc) is 3.16. The third-order valence-corrected chi connectivity index (χ3v) is 5.67. The molecular formula is C25H24N4. The number of anilines is 2. The SMILES string of the molecule is CCC1c2ccccc2CN1c1nc(NCc2ccccc2)c2ccccc2n1. The highest BCUT2D eigenvalue weighted by Gasteiger charge is 2.30. The molecule has 4 aromatic rings. The van der Waals surface area contributed by atoms with Crippen molar-refractivity contribution in [2.24, 2.45) is 0 Å². The Labute approximate surface area is 171 Å². The van der Waals surface area contributed by atoms with Gasteiger partial charge in [0, 0.05) is 18.5 Å². The quantitative estimate of drug-likeness (QED) is 0.481. The van der Waals surface area contributed by atoms with E-state index in [2.05, 4.69) is 77.8 Å². The summed E-state index contributed by atoms with van der Waals surface area (Å²) in [7, 11) is 0. The van der Waals surface area contributed by atoms with Gasteiger partial charge < -0.3 is 10.2 Å². The van der Waals surface area contributed by atoms with Crippen LogP contribution in [0.2, 0.25) is 0 Å². The molecule has 0 radical (unpaired) electrons. The van der Waals surface area contributed by atoms with Crippen LogP contribution in [-0.4, -0.2) is 9.97 Å². The van der Waals surface area contributed by atoms with Gasteiger partial charge in [0.1, 0.15) is 5.82 Å². The molecule has 0 saturated heterocycles. The molecule has 1 aliphatic heterocycles. The zero-order valence-electron chi connectivity index (χ0n) is 16.5. The molecule has 0 fully saturated rings. The third-order valence-electron chi connectivity index (χ3n) is 5.67. The van der Waals surface area contributed by atoms with Crippen molar-refractivity contribution in [1.29, 1.82) is 0 Å². The van der Waals surface area contributed by atoms with Crippen molar-refractivity contribution in [3.63, 3.8) is 0 Å². The van der Waals surface area contributed by atoms with E-state index in [1.807, 2.05) is 18.2 Å². The summed E-state index contributed by atoms with van der Waals surface area (Å²) in [5.74, 6) is 1.68. The van der Waals surface area contributed by atoms with Gasteiger partial charge in [-0.1, -0.05) is 73.7 Å². The molecule has 0 spiro atoms. The van der Waals surface area contributed by atoms with Crippen LogP contribution < -0.4 is 10.2 Å². The minimum atomic E-state index is 0.314. The molecule has 4 heteroatoms. The molecule has 1 atom stereocenters. The van der Waals surface area contributed by atoms with E-state index >= 15 is 0 Å². The summed E-state index contributed by atoms with van der Waals surface area (Å²) in [6.07, 6.45) is 1.03. The lowest BCUT2D eigenvalue weighted by Gasteiger charge is -2.25. The fraction of sp³-hybridized carbons (Fsp3) is 0.200. The Hall–Kier alpha value is -3.40. The molecule has 4 nitrogen and oxygen atoms in total. The molecule has 5 rings (SSSR count). The largest absolute Gasteiger partial charge is 0.365 e. The highest BCUT2D eigenvalue weighted by molar-refractivity contribution is 5.90. The molecular weight excluding hydrogens is 356 g/mol. The first-order chi connectivity index (χ1) is 14.3. The normalized spacial score (nSPS) is 15.5. The van der Waals surface area contributed by atoms with Crippen LogP contribution in [0.5, 0.6) is 0 Å². The lowest BCUT2D eigenvalue weighted by Crippen LogP contribution is -2.23. The van der Waals surface area contributed by atoms with Gasteiger partial charge in [0.15, 0.2) is 0 Å². The maximum Gasteiger partial charge on any atom is 0.228 e. The second-order valence-electron chi connectivity index (χ2n) is 7.48. The molecule has 1 aliphatic rings. The Balaban J connectivity index is 1.53. The van der Waals surface area contributed by atoms with Gasteiger partial charge in [0.05, 0.1) is 11.6 Å². The molecule has 0 aliphatic carbocycles. The summed E-state index contributed by atoms with van der Waals surface area (Å²) in [5.41, 5.74) is 4.97. The topological polar surface area (TPSA) is 41.1 Å². The van der Waals surface area contributed by atoms with Crippen molar-refractivity contribution in [1.82, 2.24) is 9.97 Å². The van der Waals surface area contributed by atoms with E-state index in [0.29, 0.717) is 6.04 Å². The van der Waals surface area contributed by atoms with Crippen LogP contribution in [0, 0.1) is 0 Å². The van der Waals surface area contributed by atoms with Crippen LogP contribution in [0.1, 0.15) is 36.1 Å². The summed E-state index contributed by atoms with van der Waals surface area (Å²) in [4.78, 5) is 12.2. The van der Waals surface area contributed by atoms with E-state index in [0.717, 1.165) is 42.2 Å². The molecule has 0 saturated carbocycles. The van der Waals surface area contributed by atoms with Gasteiger partial charge >= 0.3 is 0 Å². The van der Waals surface area contributed by atoms with Crippen LogP contribution in [-0.2, 0) is 13.1 Å². The van der Waals surface area contributed by atoms with E-state index in [-0.39, 0.29) is 0 Å². The molecule has 0 amide bonds. The number of fused-ring (bicyclic) bond motifs is 2. The zero-order chi connectivity index (χ0) is 19.6. The maximum atomic E-state index is 4.98. The van der Waals surface area contributed by atoms with E-state index < -0.39 is 0 Å². The third kappa shape index (κ3) is 3.31. The van der Waals surface area contributed by atoms with Crippen molar-refractivity contribution in [3.05, 3.63) is 95.6 Å². The lowest BCUT2D eigenvalue weighted by molar-refractivity contribution is 0.633. The van der Waals surface area contributed by atoms with Gasteiger partial charge in [-0.05, 0) is 35.2 Å². The molecule has 1 unspecified atom stereocenters. The number of nitrogens with one attached hydrogen (secondary N) is 1. The monoisotopic (exact) mass is 380 g/mol. The second kappa shape index (κ2) is 7.55. The fourth-order valence-corrected chi connectivity index (χ4v) is 4.22. The highest BCUT2D eigenvalue weighted by Crippen LogP contribution is 2.39. The first-order valence-electron chi connectivity index (χ1n) is 10.2. The smallest absolute Gasteiger partial charge is 0.228 e. The maximum absolute atomic E-state index is 4.98. The Morgan fingerprint density at radius 3 is 2.52 bits per heavy atom. The van der Waals surface area contributed by atoms with Crippen molar-refractivity contribution in [2.75, 3.05) is 10.2 Å². The van der Waals surface area contributed by atoms with Crippen molar-refractivity contribution < 1.29 is 0 Å². The first-order valence-corrected chi connectivity index (χ1v) is 10.2. The molecule has 3 aromatic carbocycles.